The minimum Gasteiger partial charge on any atom is -0.508 e. The lowest BCUT2D eigenvalue weighted by Crippen LogP contribution is -2.63. The minimum absolute atomic E-state index is 0.0364. The van der Waals surface area contributed by atoms with Gasteiger partial charge in [0.25, 0.3) is 0 Å². The highest BCUT2D eigenvalue weighted by Gasteiger charge is 2.41. The Hall–Kier alpha value is -13.8. The molecule has 17 atom stereocenters. The molecule has 0 unspecified atom stereocenters. The van der Waals surface area contributed by atoms with Crippen molar-refractivity contribution in [1.29, 1.82) is 16.2 Å². The summed E-state index contributed by atoms with van der Waals surface area (Å²) in [5, 5.41) is 145. The predicted octanol–water partition coefficient (Wildman–Crippen LogP) is -8.44. The molecule has 0 aliphatic rings. The molecule has 0 spiro atoms. The predicted molar refractivity (Wildman–Crippen MR) is 485 cm³/mol. The summed E-state index contributed by atoms with van der Waals surface area (Å²) in [6.07, 6.45) is -9.88. The molecule has 2 aromatic rings. The number of aliphatic hydroxyl groups excluding tert-OH is 2. The van der Waals surface area contributed by atoms with Gasteiger partial charge in [-0.2, -0.15) is 11.8 Å². The number of carboxylic acids is 5. The van der Waals surface area contributed by atoms with Crippen molar-refractivity contribution in [2.45, 2.75) is 259 Å². The summed E-state index contributed by atoms with van der Waals surface area (Å²) in [5.74, 6) is -27.2. The van der Waals surface area contributed by atoms with Crippen LogP contribution in [0.1, 0.15) is 155 Å². The van der Waals surface area contributed by atoms with E-state index in [0.717, 1.165) is 13.8 Å². The molecule has 135 heavy (non-hydrogen) atoms. The molecular weight excluding hydrogens is 1800 g/mol. The van der Waals surface area contributed by atoms with Crippen molar-refractivity contribution < 1.29 is 132 Å². The van der Waals surface area contributed by atoms with Gasteiger partial charge in [0.05, 0.1) is 31.1 Å². The number of hydrogen-bond donors (Lipinski definition) is 33. The van der Waals surface area contributed by atoms with Crippen LogP contribution < -0.4 is 119 Å². The molecule has 752 valence electrons. The van der Waals surface area contributed by atoms with Crippen molar-refractivity contribution in [1.82, 2.24) is 90.4 Å². The number of thioether (sulfide) groups is 1. The summed E-state index contributed by atoms with van der Waals surface area (Å²) in [6, 6.07) is -13.2. The number of carboxylic acid groups (broad SMARTS) is 5. The molecule has 0 saturated carbocycles. The fraction of sp³-hybridized carbons (Fsp3) is 0.585. The topological polar surface area (TPSA) is 892 Å². The number of benzene rings is 2. The Labute approximate surface area is 781 Å². The number of unbranched alkanes of at least 4 members (excludes halogenated alkanes) is 1. The van der Waals surface area contributed by atoms with E-state index in [1.54, 1.807) is 36.6 Å². The van der Waals surface area contributed by atoms with Crippen LogP contribution in [0.2, 0.25) is 0 Å². The standard InChI is InChI=1S/C82H131N25O27S/c1-40(2)35-54(104-78(132)64(43(5)109)106-72(126)52(26-28-60(113)114)97-66(120)48(18-12-31-91-80(85)86)95-74(128)55(36-44-15-8-7-9-16-44)101-68(122)47(17-10-11-30-83)94-65(119)41(3)84)73(127)98-51(25-27-59(111)112)70(124)103-57(39-62(117)118)76(130)107-63(42(4)108)77(131)100-50(20-14-33-93-82(89)90)69(123)102-56(38-61(115)116)75(129)96-49(19-13-32-92-81(87)88)67(121)99-53(29-34-135-6)71(125)105-58(79(133)134)37-45-21-23-46(110)24-22-45/h7-9,15-16,21-24,40-43,47-58,63-64,108-110H,10-14,17-20,25-39,83-84H2,1-6H3,(H,94,119)(H,95,128)(H,96,129)(H,97,120)(H,98,127)(H,99,121)(H,100,131)(H,101,122)(H,102,123)(H,103,124)(H,104,132)(H,105,125)(H,106,126)(H,107,130)(H,111,112)(H,113,114)(H,115,116)(H,117,118)(H,133,134)(H4,85,86,91)(H4,87,88,92)(H4,89,90,93)/t41-,42+,43+,47-,48-,49-,50-,51-,52-,53-,54-,55-,56-,57-,58-,63-,64-/m0/s1. The van der Waals surface area contributed by atoms with Gasteiger partial charge in [0.1, 0.15) is 90.3 Å². The lowest BCUT2D eigenvalue weighted by molar-refractivity contribution is -0.143. The quantitative estimate of drug-likeness (QED) is 0.0166. The highest BCUT2D eigenvalue weighted by atomic mass is 32.2. The number of amides is 14. The molecule has 0 fully saturated rings. The first-order valence-electron chi connectivity index (χ1n) is 43.2. The zero-order valence-electron chi connectivity index (χ0n) is 75.7. The third-order valence-corrected chi connectivity index (χ3v) is 20.7. The van der Waals surface area contributed by atoms with E-state index >= 15 is 0 Å². The van der Waals surface area contributed by atoms with E-state index in [1.807, 2.05) is 0 Å². The van der Waals surface area contributed by atoms with E-state index in [0.29, 0.717) is 24.0 Å². The van der Waals surface area contributed by atoms with Gasteiger partial charge in [-0.3, -0.25) is 103 Å². The van der Waals surface area contributed by atoms with Crippen molar-refractivity contribution in [3.8, 4) is 5.75 Å². The number of phenols is 1. The van der Waals surface area contributed by atoms with Crippen LogP contribution in [0.4, 0.5) is 0 Å². The van der Waals surface area contributed by atoms with Crippen LogP contribution in [0.15, 0.2) is 54.6 Å². The van der Waals surface area contributed by atoms with Crippen LogP contribution in [0.3, 0.4) is 0 Å². The van der Waals surface area contributed by atoms with Crippen LogP contribution in [0, 0.1) is 22.1 Å². The number of aliphatic carboxylic acids is 5. The highest BCUT2D eigenvalue weighted by Crippen LogP contribution is 2.17. The van der Waals surface area contributed by atoms with E-state index in [-0.39, 0.29) is 102 Å². The Bertz CT molecular complexity index is 4360. The zero-order valence-corrected chi connectivity index (χ0v) is 76.5. The molecule has 0 aliphatic carbocycles. The average Bonchev–Trinajstić information content (AvgIpc) is 0.844. The summed E-state index contributed by atoms with van der Waals surface area (Å²) < 4.78 is 0. The first-order chi connectivity index (χ1) is 63.5. The molecule has 2 aromatic carbocycles. The summed E-state index contributed by atoms with van der Waals surface area (Å²) >= 11 is 1.23. The molecule has 0 aromatic heterocycles. The number of aromatic hydroxyl groups is 1. The SMILES string of the molecule is CSCC[C@H](NC(=O)[C@H](CCCNC(=N)N)NC(=O)[C@H](CC(=O)O)NC(=O)[C@H](CCCNC(=N)N)NC(=O)[C@@H](NC(=O)[C@H](CC(=O)O)NC(=O)[C@H](CCC(=O)O)NC(=O)[C@H](CC(C)C)NC(=O)[C@@H](NC(=O)[C@H](CCC(=O)O)NC(=O)[C@H](CCCNC(=N)N)NC(=O)[C@H](Cc1ccccc1)NC(=O)[C@H](CCCCN)NC(=O)[C@H](C)N)[C@@H](C)O)[C@@H](C)O)C(=O)N[C@@H](Cc1ccc(O)cc1)C(=O)O. The number of carbonyl (C=O) groups is 19. The fourth-order valence-electron chi connectivity index (χ4n) is 12.9. The van der Waals surface area contributed by atoms with E-state index in [2.05, 4.69) is 90.4 Å². The van der Waals surface area contributed by atoms with Crippen LogP contribution in [-0.4, -0.2) is 312 Å². The van der Waals surface area contributed by atoms with Crippen LogP contribution in [0.25, 0.3) is 0 Å². The van der Waals surface area contributed by atoms with Gasteiger partial charge >= 0.3 is 29.8 Å². The maximum atomic E-state index is 14.6. The van der Waals surface area contributed by atoms with E-state index in [4.69, 9.17) is 44.9 Å². The maximum Gasteiger partial charge on any atom is 0.326 e. The second-order valence-corrected chi connectivity index (χ2v) is 33.1. The monoisotopic (exact) mass is 1930 g/mol. The fourth-order valence-corrected chi connectivity index (χ4v) is 13.4. The van der Waals surface area contributed by atoms with Gasteiger partial charge in [0.15, 0.2) is 17.9 Å². The van der Waals surface area contributed by atoms with Crippen LogP contribution in [-0.2, 0) is 104 Å². The minimum atomic E-state index is -2.33. The number of guanidine groups is 3. The van der Waals surface area contributed by atoms with Gasteiger partial charge in [0, 0.05) is 45.3 Å². The Morgan fingerprint density at radius 3 is 0.993 bits per heavy atom. The molecule has 0 saturated heterocycles. The summed E-state index contributed by atoms with van der Waals surface area (Å²) in [6.45, 7) is 6.23. The summed E-state index contributed by atoms with van der Waals surface area (Å²) in [4.78, 5) is 261. The van der Waals surface area contributed by atoms with E-state index in [1.165, 1.54) is 56.8 Å². The first-order valence-corrected chi connectivity index (χ1v) is 44.6. The van der Waals surface area contributed by atoms with Gasteiger partial charge in [-0.1, -0.05) is 56.3 Å². The molecular formula is C82H131N25O27S. The summed E-state index contributed by atoms with van der Waals surface area (Å²) in [5.41, 5.74) is 28.8. The largest absolute Gasteiger partial charge is 0.508 e. The number of nitrogens with one attached hydrogen (secondary N) is 20. The number of rotatable bonds is 66. The zero-order chi connectivity index (χ0) is 102. The molecule has 52 nitrogen and oxygen atoms in total. The van der Waals surface area contributed by atoms with Crippen molar-refractivity contribution in [3.05, 3.63) is 65.7 Å². The van der Waals surface area contributed by atoms with Gasteiger partial charge < -0.3 is 160 Å². The van der Waals surface area contributed by atoms with E-state index in [9.17, 15) is 132 Å². The molecule has 14 amide bonds. The average molecular weight is 1930 g/mol. The second-order valence-electron chi connectivity index (χ2n) is 32.1. The number of carbonyl (C=O) groups excluding carboxylic acids is 14. The van der Waals surface area contributed by atoms with Crippen LogP contribution >= 0.6 is 11.8 Å². The molecule has 0 radical (unpaired) electrons. The highest BCUT2D eigenvalue weighted by molar-refractivity contribution is 7.98. The Morgan fingerprint density at radius 2 is 0.644 bits per heavy atom. The van der Waals surface area contributed by atoms with Crippen LogP contribution in [0.5, 0.6) is 5.75 Å². The van der Waals surface area contributed by atoms with Crippen molar-refractivity contribution >= 4 is 142 Å². The molecule has 38 N–H and O–H groups in total. The lowest BCUT2D eigenvalue weighted by Gasteiger charge is -2.29. The van der Waals surface area contributed by atoms with Gasteiger partial charge in [-0.25, -0.2) is 4.79 Å². The Balaban J connectivity index is 2.62. The summed E-state index contributed by atoms with van der Waals surface area (Å²) in [7, 11) is 0. The molecule has 0 heterocycles. The third-order valence-electron chi connectivity index (χ3n) is 20.0. The molecule has 53 heteroatoms. The van der Waals surface area contributed by atoms with Crippen molar-refractivity contribution in [2.24, 2.45) is 34.6 Å². The maximum absolute atomic E-state index is 14.6. The number of phenolic OH excluding ortho intramolecular Hbond substituents is 1. The second kappa shape index (κ2) is 61.8. The smallest absolute Gasteiger partial charge is 0.326 e. The molecule has 0 aliphatic heterocycles. The number of hydrogen-bond acceptors (Lipinski definition) is 28. The Morgan fingerprint density at radius 1 is 0.348 bits per heavy atom. The van der Waals surface area contributed by atoms with E-state index < -0.39 is 284 Å². The lowest BCUT2D eigenvalue weighted by atomic mass is 10.0. The van der Waals surface area contributed by atoms with Gasteiger partial charge in [-0.15, -0.1) is 0 Å². The van der Waals surface area contributed by atoms with Crippen molar-refractivity contribution in [2.75, 3.05) is 38.2 Å². The van der Waals surface area contributed by atoms with Gasteiger partial charge in [-0.05, 0) is 152 Å². The first kappa shape index (κ1) is 117. The van der Waals surface area contributed by atoms with Crippen molar-refractivity contribution in [3.63, 3.8) is 0 Å². The number of nitrogens with two attached hydrogens (primary N) is 5. The normalized spacial score (nSPS) is 14.8. The van der Waals surface area contributed by atoms with Gasteiger partial charge in [0.2, 0.25) is 82.7 Å². The molecule has 2 rings (SSSR count). The Kier molecular flexibility index (Phi) is 53.7. The third kappa shape index (κ3) is 47.4. The molecule has 0 bridgehead atoms. The number of aliphatic hydroxyl groups is 2.